The van der Waals surface area contributed by atoms with Crippen molar-refractivity contribution in [2.45, 2.75) is 12.7 Å². The Morgan fingerprint density at radius 3 is 3.12 bits per heavy atom. The summed E-state index contributed by atoms with van der Waals surface area (Å²) in [7, 11) is 1.63. The number of nitriles is 1. The van der Waals surface area contributed by atoms with E-state index >= 15 is 0 Å². The summed E-state index contributed by atoms with van der Waals surface area (Å²) in [5.41, 5.74) is 2.14. The Bertz CT molecular complexity index is 405. The molecule has 0 radical (unpaired) electrons. The summed E-state index contributed by atoms with van der Waals surface area (Å²) in [5, 5.41) is 21.0. The molecule has 7 heteroatoms. The molecule has 1 rings (SSSR count). The van der Waals surface area contributed by atoms with Crippen molar-refractivity contribution in [2.75, 3.05) is 19.3 Å². The first-order chi connectivity index (χ1) is 8.26. The predicted molar refractivity (Wildman–Crippen MR) is 69.6 cm³/mol. The molecular weight excluding hydrogens is 236 g/mol. The first-order valence-electron chi connectivity index (χ1n) is 5.20. The third-order valence-corrected chi connectivity index (χ3v) is 2.94. The molecule has 1 aromatic rings. The van der Waals surface area contributed by atoms with Gasteiger partial charge in [-0.15, -0.1) is 0 Å². The van der Waals surface area contributed by atoms with E-state index in [0.29, 0.717) is 5.96 Å². The van der Waals surface area contributed by atoms with Gasteiger partial charge < -0.3 is 5.32 Å². The third-order valence-electron chi connectivity index (χ3n) is 1.95. The van der Waals surface area contributed by atoms with Gasteiger partial charge in [0.25, 0.3) is 0 Å². The van der Waals surface area contributed by atoms with E-state index < -0.39 is 0 Å². The maximum atomic E-state index is 8.42. The second-order valence-corrected chi connectivity index (χ2v) is 4.44. The van der Waals surface area contributed by atoms with Gasteiger partial charge in [0.05, 0.1) is 5.69 Å². The molecule has 0 amide bonds. The summed E-state index contributed by atoms with van der Waals surface area (Å²) in [4.78, 5) is 3.88. The Labute approximate surface area is 105 Å². The molecule has 3 N–H and O–H groups in total. The number of hydrogen-bond acceptors (Lipinski definition) is 4. The number of aryl methyl sites for hydroxylation is 1. The van der Waals surface area contributed by atoms with Gasteiger partial charge in [0.2, 0.25) is 5.96 Å². The molecule has 0 aliphatic rings. The quantitative estimate of drug-likeness (QED) is 0.235. The summed E-state index contributed by atoms with van der Waals surface area (Å²) >= 11 is 1.78. The van der Waals surface area contributed by atoms with Crippen molar-refractivity contribution in [3.63, 3.8) is 0 Å². The topological polar surface area (TPSA) is 88.9 Å². The normalized spacial score (nSPS) is 11.0. The van der Waals surface area contributed by atoms with E-state index in [0.717, 1.165) is 29.4 Å². The Morgan fingerprint density at radius 2 is 2.53 bits per heavy atom. The molecule has 0 spiro atoms. The minimum atomic E-state index is 0.503. The van der Waals surface area contributed by atoms with Gasteiger partial charge in [-0.05, 0) is 13.0 Å². The highest BCUT2D eigenvalue weighted by molar-refractivity contribution is 7.98. The van der Waals surface area contributed by atoms with Crippen LogP contribution in [0.3, 0.4) is 0 Å². The average Bonchev–Trinajstić information content (AvgIpc) is 2.73. The van der Waals surface area contributed by atoms with E-state index in [2.05, 4.69) is 25.8 Å². The number of nitrogens with zero attached hydrogens (tertiary/aromatic N) is 3. The minimum absolute atomic E-state index is 0.503. The number of hydrogen-bond donors (Lipinski definition) is 3. The Balaban J connectivity index is 2.11. The highest BCUT2D eigenvalue weighted by Crippen LogP contribution is 2.09. The maximum Gasteiger partial charge on any atom is 0.204 e. The molecule has 1 heterocycles. The van der Waals surface area contributed by atoms with Crippen molar-refractivity contribution >= 4 is 17.7 Å². The molecule has 17 heavy (non-hydrogen) atoms. The molecule has 0 saturated heterocycles. The lowest BCUT2D eigenvalue weighted by Gasteiger charge is -2.05. The first-order valence-corrected chi connectivity index (χ1v) is 6.36. The summed E-state index contributed by atoms with van der Waals surface area (Å²) in [6, 6.07) is 2.04. The van der Waals surface area contributed by atoms with Crippen LogP contribution in [-0.4, -0.2) is 35.5 Å². The maximum absolute atomic E-state index is 8.42. The molecule has 0 saturated carbocycles. The first kappa shape index (κ1) is 13.4. The number of nitrogens with one attached hydrogen (secondary N) is 3. The zero-order valence-corrected chi connectivity index (χ0v) is 10.8. The Kier molecular flexibility index (Phi) is 5.96. The third kappa shape index (κ3) is 5.26. The summed E-state index contributed by atoms with van der Waals surface area (Å²) < 4.78 is 0. The van der Waals surface area contributed by atoms with Crippen LogP contribution in [0.4, 0.5) is 0 Å². The van der Waals surface area contributed by atoms with Gasteiger partial charge in [-0.25, -0.2) is 0 Å². The van der Waals surface area contributed by atoms with Crippen LogP contribution in [0.25, 0.3) is 0 Å². The second kappa shape index (κ2) is 7.57. The number of thioether (sulfide) groups is 1. The lowest BCUT2D eigenvalue weighted by molar-refractivity contribution is 0.930. The molecule has 0 unspecified atom stereocenters. The van der Waals surface area contributed by atoms with Gasteiger partial charge in [-0.3, -0.25) is 15.4 Å². The van der Waals surface area contributed by atoms with Crippen LogP contribution < -0.4 is 10.6 Å². The summed E-state index contributed by atoms with van der Waals surface area (Å²) in [5.74, 6) is 2.32. The van der Waals surface area contributed by atoms with E-state index in [1.807, 2.05) is 19.2 Å². The summed E-state index contributed by atoms with van der Waals surface area (Å²) in [6.07, 6.45) is 1.82. The van der Waals surface area contributed by atoms with Crippen LogP contribution >= 0.6 is 11.8 Å². The SMILES string of the molecule is CN=C(NC#N)NCCSCc1cc(C)[nH]n1. The van der Waals surface area contributed by atoms with E-state index in [4.69, 9.17) is 5.26 Å². The van der Waals surface area contributed by atoms with Crippen molar-refractivity contribution in [3.8, 4) is 6.19 Å². The Morgan fingerprint density at radius 1 is 1.71 bits per heavy atom. The molecule has 0 aliphatic carbocycles. The number of guanidine groups is 1. The van der Waals surface area contributed by atoms with Gasteiger partial charge in [0, 0.05) is 30.8 Å². The van der Waals surface area contributed by atoms with Crippen LogP contribution in [0.2, 0.25) is 0 Å². The molecule has 6 nitrogen and oxygen atoms in total. The minimum Gasteiger partial charge on any atom is -0.355 e. The van der Waals surface area contributed by atoms with Crippen LogP contribution in [0.15, 0.2) is 11.1 Å². The number of aromatic nitrogens is 2. The Hall–Kier alpha value is -1.68. The zero-order valence-electron chi connectivity index (χ0n) is 9.95. The smallest absolute Gasteiger partial charge is 0.204 e. The summed E-state index contributed by atoms with van der Waals surface area (Å²) in [6.45, 7) is 2.75. The van der Waals surface area contributed by atoms with E-state index in [1.54, 1.807) is 18.8 Å². The second-order valence-electron chi connectivity index (χ2n) is 3.33. The van der Waals surface area contributed by atoms with Gasteiger partial charge in [0.15, 0.2) is 6.19 Å². The molecular formula is C10H16N6S. The van der Waals surface area contributed by atoms with Crippen molar-refractivity contribution in [1.29, 1.82) is 5.26 Å². The fraction of sp³-hybridized carbons (Fsp3) is 0.500. The largest absolute Gasteiger partial charge is 0.355 e. The van der Waals surface area contributed by atoms with E-state index in [1.165, 1.54) is 0 Å². The molecule has 1 aromatic heterocycles. The molecule has 0 bridgehead atoms. The number of aliphatic imine (C=N–C) groups is 1. The standard InChI is InChI=1S/C10H16N6S/c1-8-5-9(16-15-8)6-17-4-3-13-10(12-2)14-7-11/h5H,3-4,6H2,1-2H3,(H,15,16)(H2,12,13,14). The fourth-order valence-electron chi connectivity index (χ4n) is 1.20. The van der Waals surface area contributed by atoms with Crippen LogP contribution in [0.5, 0.6) is 0 Å². The van der Waals surface area contributed by atoms with E-state index in [9.17, 15) is 0 Å². The molecule has 0 fully saturated rings. The fourth-order valence-corrected chi connectivity index (χ4v) is 1.95. The highest BCUT2D eigenvalue weighted by Gasteiger charge is 1.98. The molecule has 0 atom stereocenters. The lowest BCUT2D eigenvalue weighted by atomic mass is 10.4. The van der Waals surface area contributed by atoms with Gasteiger partial charge >= 0.3 is 0 Å². The van der Waals surface area contributed by atoms with Gasteiger partial charge in [0.1, 0.15) is 0 Å². The van der Waals surface area contributed by atoms with Crippen molar-refractivity contribution < 1.29 is 0 Å². The van der Waals surface area contributed by atoms with Gasteiger partial charge in [-0.1, -0.05) is 0 Å². The number of H-pyrrole nitrogens is 1. The molecule has 0 aromatic carbocycles. The van der Waals surface area contributed by atoms with Crippen LogP contribution in [0, 0.1) is 18.4 Å². The van der Waals surface area contributed by atoms with Crippen molar-refractivity contribution in [1.82, 2.24) is 20.8 Å². The lowest BCUT2D eigenvalue weighted by Crippen LogP contribution is -2.35. The van der Waals surface area contributed by atoms with Crippen LogP contribution in [0.1, 0.15) is 11.4 Å². The molecule has 0 aliphatic heterocycles. The van der Waals surface area contributed by atoms with Crippen molar-refractivity contribution in [2.24, 2.45) is 4.99 Å². The van der Waals surface area contributed by atoms with Crippen molar-refractivity contribution in [3.05, 3.63) is 17.5 Å². The highest BCUT2D eigenvalue weighted by atomic mass is 32.2. The van der Waals surface area contributed by atoms with Gasteiger partial charge in [-0.2, -0.15) is 22.1 Å². The monoisotopic (exact) mass is 252 g/mol. The van der Waals surface area contributed by atoms with E-state index in [-0.39, 0.29) is 0 Å². The molecule has 92 valence electrons. The number of rotatable bonds is 5. The number of aromatic amines is 1. The zero-order chi connectivity index (χ0) is 12.5. The predicted octanol–water partition coefficient (Wildman–Crippen LogP) is 0.597. The average molecular weight is 252 g/mol. The van der Waals surface area contributed by atoms with Crippen LogP contribution in [-0.2, 0) is 5.75 Å².